The maximum Gasteiger partial charge on any atom is 0.00392 e. The van der Waals surface area contributed by atoms with Crippen molar-refractivity contribution in [2.24, 2.45) is 5.73 Å². The van der Waals surface area contributed by atoms with Gasteiger partial charge in [0.25, 0.3) is 0 Å². The Labute approximate surface area is 95.4 Å². The van der Waals surface area contributed by atoms with E-state index in [1.54, 1.807) is 0 Å². The minimum atomic E-state index is 0.632. The summed E-state index contributed by atoms with van der Waals surface area (Å²) in [6.45, 7) is 12.1. The molecule has 0 rings (SSSR count). The molecular weight excluding hydrogens is 186 g/mol. The highest BCUT2D eigenvalue weighted by Gasteiger charge is 2.02. The quantitative estimate of drug-likeness (QED) is 0.542. The molecule has 0 amide bonds. The second-order valence-electron chi connectivity index (χ2n) is 4.17. The Balaban J connectivity index is 3.33. The van der Waals surface area contributed by atoms with E-state index in [9.17, 15) is 0 Å². The Kier molecular flexibility index (Phi) is 10.3. The van der Waals surface area contributed by atoms with Crippen LogP contribution in [0.1, 0.15) is 40.0 Å². The number of nitrogens with two attached hydrogens (primary N) is 1. The second-order valence-corrected chi connectivity index (χ2v) is 4.17. The molecule has 1 atom stereocenters. The van der Waals surface area contributed by atoms with Crippen molar-refractivity contribution in [1.82, 2.24) is 10.2 Å². The Morgan fingerprint density at radius 1 is 1.20 bits per heavy atom. The van der Waals surface area contributed by atoms with Crippen LogP contribution in [0.5, 0.6) is 0 Å². The number of hydrogen-bond acceptors (Lipinski definition) is 3. The van der Waals surface area contributed by atoms with E-state index in [0.717, 1.165) is 19.5 Å². The zero-order chi connectivity index (χ0) is 11.5. The van der Waals surface area contributed by atoms with E-state index < -0.39 is 0 Å². The summed E-state index contributed by atoms with van der Waals surface area (Å²) in [5, 5.41) is 3.49. The van der Waals surface area contributed by atoms with Gasteiger partial charge in [0.15, 0.2) is 0 Å². The topological polar surface area (TPSA) is 41.3 Å². The minimum absolute atomic E-state index is 0.632. The fraction of sp³-hybridized carbons (Fsp3) is 1.00. The fourth-order valence-electron chi connectivity index (χ4n) is 1.71. The second kappa shape index (κ2) is 10.4. The highest BCUT2D eigenvalue weighted by Crippen LogP contribution is 1.99. The van der Waals surface area contributed by atoms with Crippen molar-refractivity contribution in [1.29, 1.82) is 0 Å². The molecule has 0 aliphatic rings. The van der Waals surface area contributed by atoms with Gasteiger partial charge in [-0.2, -0.15) is 0 Å². The molecule has 15 heavy (non-hydrogen) atoms. The van der Waals surface area contributed by atoms with E-state index in [4.69, 9.17) is 5.73 Å². The van der Waals surface area contributed by atoms with Gasteiger partial charge in [-0.1, -0.05) is 13.8 Å². The highest BCUT2D eigenvalue weighted by molar-refractivity contribution is 4.62. The minimum Gasteiger partial charge on any atom is -0.330 e. The predicted octanol–water partition coefficient (Wildman–Crippen LogP) is 1.44. The summed E-state index contributed by atoms with van der Waals surface area (Å²) in [7, 11) is 0. The van der Waals surface area contributed by atoms with Gasteiger partial charge in [-0.25, -0.2) is 0 Å². The van der Waals surface area contributed by atoms with Crippen LogP contribution in [-0.4, -0.2) is 43.7 Å². The summed E-state index contributed by atoms with van der Waals surface area (Å²) in [5.74, 6) is 0. The number of hydrogen-bond donors (Lipinski definition) is 2. The maximum atomic E-state index is 5.44. The molecule has 0 aliphatic carbocycles. The first-order valence-electron chi connectivity index (χ1n) is 6.40. The lowest BCUT2D eigenvalue weighted by Gasteiger charge is -2.19. The molecule has 0 aromatic carbocycles. The molecule has 92 valence electrons. The SMILES string of the molecule is CCN(CC)CCC[C@H](C)NCCCN. The van der Waals surface area contributed by atoms with Crippen LogP contribution in [0.2, 0.25) is 0 Å². The molecular formula is C12H29N3. The van der Waals surface area contributed by atoms with E-state index in [1.165, 1.54) is 32.5 Å². The molecule has 0 saturated heterocycles. The molecule has 0 unspecified atom stereocenters. The van der Waals surface area contributed by atoms with E-state index in [0.29, 0.717) is 6.04 Å². The largest absolute Gasteiger partial charge is 0.330 e. The first-order chi connectivity index (χ1) is 7.24. The Hall–Kier alpha value is -0.120. The van der Waals surface area contributed by atoms with Crippen molar-refractivity contribution in [2.45, 2.75) is 46.1 Å². The molecule has 0 radical (unpaired) electrons. The van der Waals surface area contributed by atoms with Gasteiger partial charge in [0.05, 0.1) is 0 Å². The number of rotatable bonds is 10. The molecule has 3 heteroatoms. The number of nitrogens with one attached hydrogen (secondary N) is 1. The molecule has 0 fully saturated rings. The van der Waals surface area contributed by atoms with Crippen LogP contribution in [0.15, 0.2) is 0 Å². The summed E-state index contributed by atoms with van der Waals surface area (Å²) in [5.41, 5.74) is 5.44. The van der Waals surface area contributed by atoms with Crippen molar-refractivity contribution in [3.8, 4) is 0 Å². The third kappa shape index (κ3) is 8.85. The lowest BCUT2D eigenvalue weighted by Crippen LogP contribution is -2.30. The summed E-state index contributed by atoms with van der Waals surface area (Å²) < 4.78 is 0. The van der Waals surface area contributed by atoms with Crippen LogP contribution in [0.4, 0.5) is 0 Å². The zero-order valence-electron chi connectivity index (χ0n) is 10.8. The van der Waals surface area contributed by atoms with Crippen LogP contribution >= 0.6 is 0 Å². The average molecular weight is 215 g/mol. The van der Waals surface area contributed by atoms with Crippen molar-refractivity contribution in [2.75, 3.05) is 32.7 Å². The molecule has 0 aliphatic heterocycles. The Morgan fingerprint density at radius 3 is 2.40 bits per heavy atom. The van der Waals surface area contributed by atoms with E-state index in [1.807, 2.05) is 0 Å². The van der Waals surface area contributed by atoms with Crippen molar-refractivity contribution in [3.63, 3.8) is 0 Å². The monoisotopic (exact) mass is 215 g/mol. The molecule has 0 saturated carbocycles. The van der Waals surface area contributed by atoms with Gasteiger partial charge >= 0.3 is 0 Å². The first-order valence-corrected chi connectivity index (χ1v) is 6.40. The van der Waals surface area contributed by atoms with Crippen LogP contribution in [0.25, 0.3) is 0 Å². The molecule has 3 N–H and O–H groups in total. The standard InChI is InChI=1S/C12H29N3/c1-4-15(5-2)11-6-8-12(3)14-10-7-9-13/h12,14H,4-11,13H2,1-3H3/t12-/m0/s1. The lowest BCUT2D eigenvalue weighted by molar-refractivity contribution is 0.290. The molecule has 0 aromatic heterocycles. The zero-order valence-corrected chi connectivity index (χ0v) is 10.8. The van der Waals surface area contributed by atoms with Crippen molar-refractivity contribution < 1.29 is 0 Å². The molecule has 3 nitrogen and oxygen atoms in total. The lowest BCUT2D eigenvalue weighted by atomic mass is 10.1. The van der Waals surface area contributed by atoms with E-state index >= 15 is 0 Å². The third-order valence-corrected chi connectivity index (χ3v) is 2.88. The van der Waals surface area contributed by atoms with Crippen LogP contribution in [0.3, 0.4) is 0 Å². The summed E-state index contributed by atoms with van der Waals surface area (Å²) >= 11 is 0. The van der Waals surface area contributed by atoms with Gasteiger partial charge in [-0.3, -0.25) is 0 Å². The normalized spacial score (nSPS) is 13.4. The van der Waals surface area contributed by atoms with E-state index in [-0.39, 0.29) is 0 Å². The van der Waals surface area contributed by atoms with Gasteiger partial charge in [0.1, 0.15) is 0 Å². The van der Waals surface area contributed by atoms with Gasteiger partial charge in [0.2, 0.25) is 0 Å². The molecule has 0 heterocycles. The Bertz CT molecular complexity index is 124. The third-order valence-electron chi connectivity index (χ3n) is 2.88. The fourth-order valence-corrected chi connectivity index (χ4v) is 1.71. The summed E-state index contributed by atoms with van der Waals surface area (Å²) in [6, 6.07) is 0.632. The van der Waals surface area contributed by atoms with Gasteiger partial charge < -0.3 is 16.0 Å². The van der Waals surface area contributed by atoms with Crippen LogP contribution in [0, 0.1) is 0 Å². The molecule has 0 aromatic rings. The first kappa shape index (κ1) is 14.9. The van der Waals surface area contributed by atoms with E-state index in [2.05, 4.69) is 31.0 Å². The predicted molar refractivity (Wildman–Crippen MR) is 68.2 cm³/mol. The number of nitrogens with zero attached hydrogens (tertiary/aromatic N) is 1. The van der Waals surface area contributed by atoms with Crippen molar-refractivity contribution in [3.05, 3.63) is 0 Å². The summed E-state index contributed by atoms with van der Waals surface area (Å²) in [6.07, 6.45) is 3.64. The highest BCUT2D eigenvalue weighted by atomic mass is 15.1. The molecule has 0 bridgehead atoms. The average Bonchev–Trinajstić information content (AvgIpc) is 2.25. The summed E-state index contributed by atoms with van der Waals surface area (Å²) in [4.78, 5) is 2.48. The smallest absolute Gasteiger partial charge is 0.00392 e. The van der Waals surface area contributed by atoms with Crippen LogP contribution < -0.4 is 11.1 Å². The Morgan fingerprint density at radius 2 is 1.87 bits per heavy atom. The van der Waals surface area contributed by atoms with Gasteiger partial charge in [0, 0.05) is 6.04 Å². The van der Waals surface area contributed by atoms with Gasteiger partial charge in [-0.05, 0) is 58.9 Å². The molecule has 0 spiro atoms. The van der Waals surface area contributed by atoms with Crippen molar-refractivity contribution >= 4 is 0 Å². The van der Waals surface area contributed by atoms with Gasteiger partial charge in [-0.15, -0.1) is 0 Å². The van der Waals surface area contributed by atoms with Crippen LogP contribution in [-0.2, 0) is 0 Å². The maximum absolute atomic E-state index is 5.44.